The predicted molar refractivity (Wildman–Crippen MR) is 87.9 cm³/mol. The molecule has 2 aromatic rings. The molecule has 1 N–H and O–H groups in total. The number of thiazole rings is 1. The number of hydrogen-bond donors (Lipinski definition) is 1. The van der Waals surface area contributed by atoms with Crippen molar-refractivity contribution in [3.8, 4) is 22.1 Å². The molecule has 1 aromatic carbocycles. The van der Waals surface area contributed by atoms with Gasteiger partial charge in [0.2, 0.25) is 0 Å². The minimum absolute atomic E-state index is 0.0863. The van der Waals surface area contributed by atoms with Gasteiger partial charge in [-0.05, 0) is 39.0 Å². The summed E-state index contributed by atoms with van der Waals surface area (Å²) in [6.07, 6.45) is 0. The van der Waals surface area contributed by atoms with E-state index in [4.69, 9.17) is 9.47 Å². The Morgan fingerprint density at radius 1 is 1.36 bits per heavy atom. The molecule has 0 atom stereocenters. The molecule has 0 aliphatic rings. The minimum Gasteiger partial charge on any atom is -0.493 e. The maximum Gasteiger partial charge on any atom is 0.270 e. The number of benzene rings is 1. The van der Waals surface area contributed by atoms with Crippen LogP contribution in [0.1, 0.15) is 31.3 Å². The Bertz CT molecular complexity index is 653. The number of ether oxygens (including phenoxy) is 2. The van der Waals surface area contributed by atoms with Gasteiger partial charge in [-0.15, -0.1) is 11.3 Å². The summed E-state index contributed by atoms with van der Waals surface area (Å²) in [5, 5.41) is 5.37. The summed E-state index contributed by atoms with van der Waals surface area (Å²) in [6, 6.07) is 5.72. The molecule has 0 bridgehead atoms. The molecule has 0 spiro atoms. The highest BCUT2D eigenvalue weighted by Crippen LogP contribution is 2.33. The molecular formula is C16H20N2O3S. The third-order valence-corrected chi connectivity index (χ3v) is 3.76. The van der Waals surface area contributed by atoms with E-state index in [2.05, 4.69) is 10.3 Å². The topological polar surface area (TPSA) is 60.5 Å². The molecule has 0 radical (unpaired) electrons. The number of carbonyl (C=O) groups is 1. The van der Waals surface area contributed by atoms with Crippen LogP contribution in [0.15, 0.2) is 23.6 Å². The van der Waals surface area contributed by atoms with Crippen molar-refractivity contribution in [1.82, 2.24) is 10.3 Å². The van der Waals surface area contributed by atoms with Crippen LogP contribution < -0.4 is 14.8 Å². The van der Waals surface area contributed by atoms with Crippen molar-refractivity contribution < 1.29 is 14.3 Å². The van der Waals surface area contributed by atoms with Crippen molar-refractivity contribution in [3.05, 3.63) is 29.3 Å². The summed E-state index contributed by atoms with van der Waals surface area (Å²) in [5.74, 6) is 1.20. The van der Waals surface area contributed by atoms with Gasteiger partial charge in [0, 0.05) is 17.0 Å². The first-order valence-electron chi connectivity index (χ1n) is 7.12. The van der Waals surface area contributed by atoms with Gasteiger partial charge < -0.3 is 14.8 Å². The van der Waals surface area contributed by atoms with Crippen molar-refractivity contribution in [2.75, 3.05) is 13.7 Å². The number of aromatic nitrogens is 1. The summed E-state index contributed by atoms with van der Waals surface area (Å²) >= 11 is 1.43. The summed E-state index contributed by atoms with van der Waals surface area (Å²) in [7, 11) is 1.60. The molecule has 6 heteroatoms. The number of carbonyl (C=O) groups excluding carboxylic acids is 1. The van der Waals surface area contributed by atoms with Gasteiger partial charge in [-0.1, -0.05) is 0 Å². The fraction of sp³-hybridized carbons (Fsp3) is 0.375. The SMILES string of the molecule is CCOc1ccc(-c2nc(C(=O)NC(C)C)cs2)cc1OC. The summed E-state index contributed by atoms with van der Waals surface area (Å²) in [4.78, 5) is 16.3. The van der Waals surface area contributed by atoms with E-state index in [1.165, 1.54) is 11.3 Å². The van der Waals surface area contributed by atoms with Crippen molar-refractivity contribution >= 4 is 17.2 Å². The van der Waals surface area contributed by atoms with E-state index in [9.17, 15) is 4.79 Å². The highest BCUT2D eigenvalue weighted by atomic mass is 32.1. The lowest BCUT2D eigenvalue weighted by Gasteiger charge is -2.10. The molecule has 0 saturated carbocycles. The van der Waals surface area contributed by atoms with Crippen LogP contribution in [0.3, 0.4) is 0 Å². The predicted octanol–water partition coefficient (Wildman–Crippen LogP) is 3.36. The van der Waals surface area contributed by atoms with Crippen LogP contribution >= 0.6 is 11.3 Å². The van der Waals surface area contributed by atoms with Crippen molar-refractivity contribution in [3.63, 3.8) is 0 Å². The lowest BCUT2D eigenvalue weighted by molar-refractivity contribution is 0.0939. The first kappa shape index (κ1) is 16.3. The van der Waals surface area contributed by atoms with E-state index < -0.39 is 0 Å². The van der Waals surface area contributed by atoms with Crippen LogP contribution in [0.25, 0.3) is 10.6 Å². The molecular weight excluding hydrogens is 300 g/mol. The van der Waals surface area contributed by atoms with E-state index in [1.807, 2.05) is 39.0 Å². The third kappa shape index (κ3) is 3.76. The molecule has 1 heterocycles. The Morgan fingerprint density at radius 3 is 2.77 bits per heavy atom. The molecule has 1 amide bonds. The van der Waals surface area contributed by atoms with E-state index >= 15 is 0 Å². The van der Waals surface area contributed by atoms with Crippen LogP contribution in [0.5, 0.6) is 11.5 Å². The van der Waals surface area contributed by atoms with Gasteiger partial charge in [-0.2, -0.15) is 0 Å². The normalized spacial score (nSPS) is 10.6. The molecule has 22 heavy (non-hydrogen) atoms. The molecule has 0 saturated heterocycles. The first-order valence-corrected chi connectivity index (χ1v) is 8.00. The van der Waals surface area contributed by atoms with Gasteiger partial charge >= 0.3 is 0 Å². The first-order chi connectivity index (χ1) is 10.5. The highest BCUT2D eigenvalue weighted by molar-refractivity contribution is 7.13. The average Bonchev–Trinajstić information content (AvgIpc) is 2.97. The zero-order chi connectivity index (χ0) is 16.1. The van der Waals surface area contributed by atoms with Crippen LogP contribution in [0.2, 0.25) is 0 Å². The second-order valence-corrected chi connectivity index (χ2v) is 5.82. The lowest BCUT2D eigenvalue weighted by Crippen LogP contribution is -2.30. The summed E-state index contributed by atoms with van der Waals surface area (Å²) < 4.78 is 10.8. The second kappa shape index (κ2) is 7.26. The third-order valence-electron chi connectivity index (χ3n) is 2.87. The molecule has 0 fully saturated rings. The molecule has 0 aliphatic carbocycles. The summed E-state index contributed by atoms with van der Waals surface area (Å²) in [5.41, 5.74) is 1.33. The van der Waals surface area contributed by atoms with E-state index in [0.717, 1.165) is 10.6 Å². The van der Waals surface area contributed by atoms with Crippen molar-refractivity contribution in [2.45, 2.75) is 26.8 Å². The number of hydrogen-bond acceptors (Lipinski definition) is 5. The Hall–Kier alpha value is -2.08. The number of amides is 1. The quantitative estimate of drug-likeness (QED) is 0.886. The van der Waals surface area contributed by atoms with E-state index in [-0.39, 0.29) is 11.9 Å². The van der Waals surface area contributed by atoms with Gasteiger partial charge in [0.15, 0.2) is 11.5 Å². The Labute approximate surface area is 134 Å². The number of nitrogens with zero attached hydrogens (tertiary/aromatic N) is 1. The van der Waals surface area contributed by atoms with Gasteiger partial charge in [-0.25, -0.2) is 4.98 Å². The molecule has 0 aliphatic heterocycles. The maximum absolute atomic E-state index is 12.0. The summed E-state index contributed by atoms with van der Waals surface area (Å²) in [6.45, 7) is 6.34. The van der Waals surface area contributed by atoms with Gasteiger partial charge in [0.1, 0.15) is 10.7 Å². The Balaban J connectivity index is 2.25. The maximum atomic E-state index is 12.0. The Kier molecular flexibility index (Phi) is 5.38. The standard InChI is InChI=1S/C16H20N2O3S/c1-5-21-13-7-6-11(8-14(13)20-4)16-18-12(9-22-16)15(19)17-10(2)3/h6-10H,5H2,1-4H3,(H,17,19). The molecule has 0 unspecified atom stereocenters. The fourth-order valence-corrected chi connectivity index (χ4v) is 2.72. The molecule has 1 aromatic heterocycles. The number of methoxy groups -OCH3 is 1. The van der Waals surface area contributed by atoms with E-state index in [0.29, 0.717) is 23.8 Å². The number of rotatable bonds is 6. The largest absolute Gasteiger partial charge is 0.493 e. The highest BCUT2D eigenvalue weighted by Gasteiger charge is 2.14. The van der Waals surface area contributed by atoms with E-state index in [1.54, 1.807) is 12.5 Å². The zero-order valence-corrected chi connectivity index (χ0v) is 14.0. The molecule has 2 rings (SSSR count). The van der Waals surface area contributed by atoms with Crippen LogP contribution in [0, 0.1) is 0 Å². The van der Waals surface area contributed by atoms with Gasteiger partial charge in [0.05, 0.1) is 13.7 Å². The Morgan fingerprint density at radius 2 is 2.14 bits per heavy atom. The van der Waals surface area contributed by atoms with Crippen molar-refractivity contribution in [2.24, 2.45) is 0 Å². The monoisotopic (exact) mass is 320 g/mol. The smallest absolute Gasteiger partial charge is 0.270 e. The minimum atomic E-state index is -0.157. The van der Waals surface area contributed by atoms with Gasteiger partial charge in [0.25, 0.3) is 5.91 Å². The zero-order valence-electron chi connectivity index (χ0n) is 13.2. The van der Waals surface area contributed by atoms with Crippen LogP contribution in [-0.2, 0) is 0 Å². The molecule has 5 nitrogen and oxygen atoms in total. The second-order valence-electron chi connectivity index (χ2n) is 4.96. The lowest BCUT2D eigenvalue weighted by atomic mass is 10.2. The number of nitrogens with one attached hydrogen (secondary N) is 1. The van der Waals surface area contributed by atoms with Crippen LogP contribution in [-0.4, -0.2) is 30.6 Å². The average molecular weight is 320 g/mol. The molecule has 118 valence electrons. The van der Waals surface area contributed by atoms with Crippen LogP contribution in [0.4, 0.5) is 0 Å². The fourth-order valence-electron chi connectivity index (χ4n) is 1.92. The van der Waals surface area contributed by atoms with Gasteiger partial charge in [-0.3, -0.25) is 4.79 Å². The van der Waals surface area contributed by atoms with Crippen molar-refractivity contribution in [1.29, 1.82) is 0 Å².